The summed E-state index contributed by atoms with van der Waals surface area (Å²) in [6.45, 7) is 0. The summed E-state index contributed by atoms with van der Waals surface area (Å²) in [4.78, 5) is 10.3. The van der Waals surface area contributed by atoms with Crippen molar-refractivity contribution in [1.82, 2.24) is 0 Å². The molecule has 0 aliphatic rings. The number of aliphatic carboxylic acids is 1. The Morgan fingerprint density at radius 1 is 1.50 bits per heavy atom. The summed E-state index contributed by atoms with van der Waals surface area (Å²) in [5.74, 6) is -7.78. The van der Waals surface area contributed by atoms with E-state index in [2.05, 4.69) is 0 Å². The topological polar surface area (TPSA) is 61.1 Å². The standard InChI is InChI=1S/C9H3ClF3NO2/c10-7-4(3-14)6(11)2-1-5(7)9(12,13)8(15)16/h1-2H,(H,15,16). The average Bonchev–Trinajstić information content (AvgIpc) is 2.17. The van der Waals surface area contributed by atoms with Gasteiger partial charge in [0.1, 0.15) is 17.4 Å². The van der Waals surface area contributed by atoms with Crippen molar-refractivity contribution in [3.63, 3.8) is 0 Å². The smallest absolute Gasteiger partial charge is 0.379 e. The molecule has 0 fully saturated rings. The summed E-state index contributed by atoms with van der Waals surface area (Å²) >= 11 is 5.34. The molecule has 1 aromatic carbocycles. The van der Waals surface area contributed by atoms with E-state index in [1.165, 1.54) is 6.07 Å². The van der Waals surface area contributed by atoms with Crippen LogP contribution in [0, 0.1) is 17.1 Å². The largest absolute Gasteiger partial charge is 0.477 e. The van der Waals surface area contributed by atoms with Gasteiger partial charge in [-0.25, -0.2) is 9.18 Å². The van der Waals surface area contributed by atoms with Gasteiger partial charge in [-0.2, -0.15) is 14.0 Å². The number of alkyl halides is 2. The lowest BCUT2D eigenvalue weighted by Gasteiger charge is -2.13. The Balaban J connectivity index is 3.50. The van der Waals surface area contributed by atoms with Gasteiger partial charge in [-0.05, 0) is 12.1 Å². The molecule has 0 spiro atoms. The number of carboxylic acids is 1. The molecule has 0 unspecified atom stereocenters. The summed E-state index contributed by atoms with van der Waals surface area (Å²) in [5.41, 5.74) is -1.92. The zero-order valence-electron chi connectivity index (χ0n) is 7.47. The third-order valence-electron chi connectivity index (χ3n) is 1.81. The zero-order chi connectivity index (χ0) is 12.5. The highest BCUT2D eigenvalue weighted by molar-refractivity contribution is 6.32. The number of carbonyl (C=O) groups is 1. The van der Waals surface area contributed by atoms with E-state index in [-0.39, 0.29) is 0 Å². The molecular weight excluding hydrogens is 247 g/mol. The molecule has 16 heavy (non-hydrogen) atoms. The van der Waals surface area contributed by atoms with E-state index in [9.17, 15) is 18.0 Å². The Bertz CT molecular complexity index is 496. The summed E-state index contributed by atoms with van der Waals surface area (Å²) in [7, 11) is 0. The third kappa shape index (κ3) is 1.82. The van der Waals surface area contributed by atoms with Crippen LogP contribution in [0.1, 0.15) is 11.1 Å². The van der Waals surface area contributed by atoms with Crippen LogP contribution in [0.4, 0.5) is 13.2 Å². The predicted octanol–water partition coefficient (Wildman–Crippen LogP) is 2.53. The first-order valence-electron chi connectivity index (χ1n) is 3.82. The van der Waals surface area contributed by atoms with Crippen molar-refractivity contribution < 1.29 is 23.1 Å². The number of nitriles is 1. The number of hydrogen-bond donors (Lipinski definition) is 1. The van der Waals surface area contributed by atoms with E-state index >= 15 is 0 Å². The summed E-state index contributed by atoms with van der Waals surface area (Å²) in [5, 5.41) is 15.8. The number of nitrogens with zero attached hydrogens (tertiary/aromatic N) is 1. The van der Waals surface area contributed by atoms with Crippen LogP contribution in [0.15, 0.2) is 12.1 Å². The SMILES string of the molecule is N#Cc1c(F)ccc(C(F)(F)C(=O)O)c1Cl. The Hall–Kier alpha value is -1.74. The first-order chi connectivity index (χ1) is 7.32. The van der Waals surface area contributed by atoms with Crippen LogP contribution in [-0.2, 0) is 10.7 Å². The molecule has 1 rings (SSSR count). The van der Waals surface area contributed by atoms with E-state index in [0.29, 0.717) is 12.1 Å². The third-order valence-corrected chi connectivity index (χ3v) is 2.20. The number of halogens is 4. The van der Waals surface area contributed by atoms with Gasteiger partial charge < -0.3 is 5.11 Å². The highest BCUT2D eigenvalue weighted by atomic mass is 35.5. The second-order valence-electron chi connectivity index (χ2n) is 2.78. The maximum atomic E-state index is 13.1. The van der Waals surface area contributed by atoms with Crippen molar-refractivity contribution in [2.24, 2.45) is 0 Å². The maximum Gasteiger partial charge on any atom is 0.379 e. The van der Waals surface area contributed by atoms with Gasteiger partial charge in [0.25, 0.3) is 0 Å². The summed E-state index contributed by atoms with van der Waals surface area (Å²) < 4.78 is 39.1. The normalized spacial score (nSPS) is 10.9. The molecule has 0 bridgehead atoms. The van der Waals surface area contributed by atoms with Gasteiger partial charge in [-0.15, -0.1) is 0 Å². The molecule has 7 heteroatoms. The average molecular weight is 250 g/mol. The lowest BCUT2D eigenvalue weighted by Crippen LogP contribution is -2.26. The molecule has 0 saturated heterocycles. The van der Waals surface area contributed by atoms with E-state index < -0.39 is 33.9 Å². The Morgan fingerprint density at radius 3 is 2.50 bits per heavy atom. The van der Waals surface area contributed by atoms with E-state index in [0.717, 1.165) is 0 Å². The van der Waals surface area contributed by atoms with Gasteiger partial charge in [0.15, 0.2) is 0 Å². The molecule has 0 aliphatic heterocycles. The molecule has 0 saturated carbocycles. The van der Waals surface area contributed by atoms with Gasteiger partial charge in [0.05, 0.1) is 10.6 Å². The lowest BCUT2D eigenvalue weighted by atomic mass is 10.1. The molecule has 1 aromatic rings. The van der Waals surface area contributed by atoms with E-state index in [4.69, 9.17) is 22.0 Å². The Kier molecular flexibility index (Phi) is 3.10. The highest BCUT2D eigenvalue weighted by Crippen LogP contribution is 2.36. The van der Waals surface area contributed by atoms with Crippen molar-refractivity contribution in [3.05, 3.63) is 34.1 Å². The fraction of sp³-hybridized carbons (Fsp3) is 0.111. The minimum absolute atomic E-state index is 0.534. The minimum Gasteiger partial charge on any atom is -0.477 e. The predicted molar refractivity (Wildman–Crippen MR) is 47.7 cm³/mol. The molecule has 0 atom stereocenters. The van der Waals surface area contributed by atoms with Crippen LogP contribution in [0.5, 0.6) is 0 Å². The number of benzene rings is 1. The van der Waals surface area contributed by atoms with Gasteiger partial charge in [-0.3, -0.25) is 0 Å². The van der Waals surface area contributed by atoms with Crippen molar-refractivity contribution >= 4 is 17.6 Å². The van der Waals surface area contributed by atoms with E-state index in [1.807, 2.05) is 0 Å². The minimum atomic E-state index is -4.27. The van der Waals surface area contributed by atoms with Crippen LogP contribution in [0.25, 0.3) is 0 Å². The quantitative estimate of drug-likeness (QED) is 0.876. The van der Waals surface area contributed by atoms with Gasteiger partial charge in [-0.1, -0.05) is 11.6 Å². The molecular formula is C9H3ClF3NO2. The van der Waals surface area contributed by atoms with Crippen molar-refractivity contribution in [3.8, 4) is 6.07 Å². The van der Waals surface area contributed by atoms with Crippen LogP contribution in [0.2, 0.25) is 5.02 Å². The van der Waals surface area contributed by atoms with Crippen molar-refractivity contribution in [1.29, 1.82) is 5.26 Å². The first-order valence-corrected chi connectivity index (χ1v) is 4.20. The van der Waals surface area contributed by atoms with Crippen LogP contribution in [0.3, 0.4) is 0 Å². The molecule has 0 aliphatic carbocycles. The molecule has 0 heterocycles. The van der Waals surface area contributed by atoms with Crippen molar-refractivity contribution in [2.45, 2.75) is 5.92 Å². The van der Waals surface area contributed by atoms with Gasteiger partial charge in [0.2, 0.25) is 0 Å². The second kappa shape index (κ2) is 4.02. The number of rotatable bonds is 2. The molecule has 1 N–H and O–H groups in total. The zero-order valence-corrected chi connectivity index (χ0v) is 8.23. The molecule has 0 amide bonds. The van der Waals surface area contributed by atoms with Gasteiger partial charge >= 0.3 is 11.9 Å². The van der Waals surface area contributed by atoms with E-state index in [1.54, 1.807) is 0 Å². The van der Waals surface area contributed by atoms with Crippen LogP contribution < -0.4 is 0 Å². The molecule has 3 nitrogen and oxygen atoms in total. The fourth-order valence-electron chi connectivity index (χ4n) is 1.01. The van der Waals surface area contributed by atoms with Crippen LogP contribution in [-0.4, -0.2) is 11.1 Å². The van der Waals surface area contributed by atoms with Gasteiger partial charge in [0, 0.05) is 0 Å². The monoisotopic (exact) mass is 249 g/mol. The molecule has 0 aromatic heterocycles. The molecule has 0 radical (unpaired) electrons. The maximum absolute atomic E-state index is 13.1. The first kappa shape index (κ1) is 12.3. The van der Waals surface area contributed by atoms with Crippen LogP contribution >= 0.6 is 11.6 Å². The molecule has 84 valence electrons. The fourth-order valence-corrected chi connectivity index (χ4v) is 1.33. The summed E-state index contributed by atoms with van der Waals surface area (Å²) in [6.07, 6.45) is 0. The number of hydrogen-bond acceptors (Lipinski definition) is 2. The van der Waals surface area contributed by atoms with Crippen molar-refractivity contribution in [2.75, 3.05) is 0 Å². The Morgan fingerprint density at radius 2 is 2.06 bits per heavy atom. The lowest BCUT2D eigenvalue weighted by molar-refractivity contribution is -0.166. The second-order valence-corrected chi connectivity index (χ2v) is 3.15. The Labute approximate surface area is 92.7 Å². The highest BCUT2D eigenvalue weighted by Gasteiger charge is 2.43. The summed E-state index contributed by atoms with van der Waals surface area (Å²) in [6, 6.07) is 2.38. The number of carboxylic acid groups (broad SMARTS) is 1.